The summed E-state index contributed by atoms with van der Waals surface area (Å²) in [4.78, 5) is 2.26. The summed E-state index contributed by atoms with van der Waals surface area (Å²) in [6.45, 7) is 4.03. The van der Waals surface area contributed by atoms with Crippen molar-refractivity contribution < 1.29 is 0 Å². The third kappa shape index (κ3) is 2.80. The van der Waals surface area contributed by atoms with Crippen LogP contribution in [0.4, 0.5) is 5.82 Å². The maximum atomic E-state index is 5.93. The van der Waals surface area contributed by atoms with Gasteiger partial charge in [-0.2, -0.15) is 0 Å². The van der Waals surface area contributed by atoms with Gasteiger partial charge in [-0.25, -0.2) is 0 Å². The van der Waals surface area contributed by atoms with Gasteiger partial charge in [0.15, 0.2) is 5.82 Å². The van der Waals surface area contributed by atoms with Gasteiger partial charge in [-0.05, 0) is 38.0 Å². The van der Waals surface area contributed by atoms with Crippen LogP contribution in [0, 0.1) is 6.92 Å². The van der Waals surface area contributed by atoms with Crippen molar-refractivity contribution in [2.24, 2.45) is 5.73 Å². The van der Waals surface area contributed by atoms with E-state index < -0.39 is 0 Å². The van der Waals surface area contributed by atoms with Crippen LogP contribution in [0.3, 0.4) is 0 Å². The van der Waals surface area contributed by atoms with E-state index >= 15 is 0 Å². The summed E-state index contributed by atoms with van der Waals surface area (Å²) < 4.78 is 0. The van der Waals surface area contributed by atoms with Crippen molar-refractivity contribution in [3.05, 3.63) is 42.0 Å². The summed E-state index contributed by atoms with van der Waals surface area (Å²) in [5.41, 5.74) is 9.20. The molecule has 0 saturated carbocycles. The first kappa shape index (κ1) is 13.1. The molecule has 0 spiro atoms. The van der Waals surface area contributed by atoms with Gasteiger partial charge in [0.2, 0.25) is 0 Å². The van der Waals surface area contributed by atoms with E-state index in [-0.39, 0.29) is 0 Å². The quantitative estimate of drug-likeness (QED) is 0.908. The average Bonchev–Trinajstić information content (AvgIpc) is 2.48. The highest BCUT2D eigenvalue weighted by Gasteiger charge is 2.17. The second kappa shape index (κ2) is 5.59. The van der Waals surface area contributed by atoms with Crippen LogP contribution in [0.15, 0.2) is 36.4 Å². The maximum absolute atomic E-state index is 5.93. The number of benzene rings is 1. The highest BCUT2D eigenvalue weighted by atomic mass is 15.3. The van der Waals surface area contributed by atoms with E-state index in [9.17, 15) is 0 Å². The number of hydrogen-bond donors (Lipinski definition) is 1. The predicted molar refractivity (Wildman–Crippen MR) is 81.6 cm³/mol. The number of hydrogen-bond acceptors (Lipinski definition) is 4. The molecule has 1 saturated heterocycles. The van der Waals surface area contributed by atoms with Crippen molar-refractivity contribution >= 4 is 5.82 Å². The third-order valence-electron chi connectivity index (χ3n) is 3.83. The lowest BCUT2D eigenvalue weighted by atomic mass is 10.1. The topological polar surface area (TPSA) is 55.0 Å². The fourth-order valence-electron chi connectivity index (χ4n) is 2.58. The van der Waals surface area contributed by atoms with Gasteiger partial charge >= 0.3 is 0 Å². The Morgan fingerprint density at radius 3 is 2.55 bits per heavy atom. The van der Waals surface area contributed by atoms with Gasteiger partial charge in [-0.15, -0.1) is 10.2 Å². The summed E-state index contributed by atoms with van der Waals surface area (Å²) in [6.07, 6.45) is 2.06. The van der Waals surface area contributed by atoms with Crippen molar-refractivity contribution in [3.8, 4) is 11.3 Å². The van der Waals surface area contributed by atoms with E-state index in [1.54, 1.807) is 0 Å². The highest BCUT2D eigenvalue weighted by molar-refractivity contribution is 5.60. The number of aromatic nitrogens is 2. The summed E-state index contributed by atoms with van der Waals surface area (Å²) in [6, 6.07) is 12.8. The van der Waals surface area contributed by atoms with Crippen molar-refractivity contribution in [2.75, 3.05) is 18.0 Å². The minimum absolute atomic E-state index is 0.339. The SMILES string of the molecule is Cc1cccc(-c2ccc(N3CCC(N)CC3)nn2)c1. The number of nitrogens with zero attached hydrogens (tertiary/aromatic N) is 3. The van der Waals surface area contributed by atoms with Crippen LogP contribution in [0.25, 0.3) is 11.3 Å². The molecule has 0 bridgehead atoms. The Kier molecular flexibility index (Phi) is 3.65. The molecule has 1 fully saturated rings. The van der Waals surface area contributed by atoms with Crippen LogP contribution < -0.4 is 10.6 Å². The van der Waals surface area contributed by atoms with Gasteiger partial charge in [0.25, 0.3) is 0 Å². The normalized spacial score (nSPS) is 16.4. The Morgan fingerprint density at radius 1 is 1.10 bits per heavy atom. The monoisotopic (exact) mass is 268 g/mol. The molecule has 0 aliphatic carbocycles. The number of nitrogens with two attached hydrogens (primary N) is 1. The van der Waals surface area contributed by atoms with Gasteiger partial charge < -0.3 is 10.6 Å². The molecule has 2 N–H and O–H groups in total. The lowest BCUT2D eigenvalue weighted by molar-refractivity contribution is 0.497. The highest BCUT2D eigenvalue weighted by Crippen LogP contribution is 2.21. The second-order valence-electron chi connectivity index (χ2n) is 5.47. The van der Waals surface area contributed by atoms with Gasteiger partial charge in [0, 0.05) is 24.7 Å². The molecule has 20 heavy (non-hydrogen) atoms. The van der Waals surface area contributed by atoms with E-state index in [4.69, 9.17) is 5.73 Å². The van der Waals surface area contributed by atoms with E-state index in [1.807, 2.05) is 12.1 Å². The van der Waals surface area contributed by atoms with Crippen LogP contribution in [0.2, 0.25) is 0 Å². The fourth-order valence-corrected chi connectivity index (χ4v) is 2.58. The van der Waals surface area contributed by atoms with Crippen molar-refractivity contribution in [1.29, 1.82) is 0 Å². The van der Waals surface area contributed by atoms with Crippen LogP contribution in [0.1, 0.15) is 18.4 Å². The van der Waals surface area contributed by atoms with Crippen molar-refractivity contribution in [3.63, 3.8) is 0 Å². The van der Waals surface area contributed by atoms with E-state index in [0.717, 1.165) is 43.0 Å². The van der Waals surface area contributed by atoms with Gasteiger partial charge in [-0.1, -0.05) is 23.8 Å². The Hall–Kier alpha value is -1.94. The maximum Gasteiger partial charge on any atom is 0.151 e. The minimum atomic E-state index is 0.339. The zero-order valence-corrected chi connectivity index (χ0v) is 11.8. The number of aryl methyl sites for hydroxylation is 1. The minimum Gasteiger partial charge on any atom is -0.355 e. The standard InChI is InChI=1S/C16H20N4/c1-12-3-2-4-13(11-12)15-5-6-16(19-18-15)20-9-7-14(17)8-10-20/h2-6,11,14H,7-10,17H2,1H3. The second-order valence-corrected chi connectivity index (χ2v) is 5.47. The molecule has 4 heteroatoms. The molecular formula is C16H20N4. The molecule has 1 aromatic carbocycles. The fraction of sp³-hybridized carbons (Fsp3) is 0.375. The molecule has 0 atom stereocenters. The molecule has 2 aromatic rings. The molecule has 0 radical (unpaired) electrons. The number of piperidine rings is 1. The molecule has 2 heterocycles. The van der Waals surface area contributed by atoms with Crippen LogP contribution in [0.5, 0.6) is 0 Å². The van der Waals surface area contributed by atoms with E-state index in [0.29, 0.717) is 6.04 Å². The summed E-state index contributed by atoms with van der Waals surface area (Å²) >= 11 is 0. The Balaban J connectivity index is 1.78. The van der Waals surface area contributed by atoms with Gasteiger partial charge in [0.1, 0.15) is 0 Å². The van der Waals surface area contributed by atoms with Crippen LogP contribution >= 0.6 is 0 Å². The van der Waals surface area contributed by atoms with Crippen molar-refractivity contribution in [2.45, 2.75) is 25.8 Å². The summed E-state index contributed by atoms with van der Waals surface area (Å²) in [5.74, 6) is 0.952. The first-order valence-electron chi connectivity index (χ1n) is 7.14. The summed E-state index contributed by atoms with van der Waals surface area (Å²) in [7, 11) is 0. The molecule has 1 aliphatic rings. The zero-order chi connectivity index (χ0) is 13.9. The molecule has 1 aliphatic heterocycles. The lowest BCUT2D eigenvalue weighted by Gasteiger charge is -2.30. The number of anilines is 1. The average molecular weight is 268 g/mol. The van der Waals surface area contributed by atoms with Gasteiger partial charge in [-0.3, -0.25) is 0 Å². The zero-order valence-electron chi connectivity index (χ0n) is 11.8. The first-order valence-corrected chi connectivity index (χ1v) is 7.14. The Labute approximate surface area is 119 Å². The van der Waals surface area contributed by atoms with Gasteiger partial charge in [0.05, 0.1) is 5.69 Å². The molecule has 104 valence electrons. The molecule has 0 unspecified atom stereocenters. The molecule has 3 rings (SSSR count). The van der Waals surface area contributed by atoms with E-state index in [1.165, 1.54) is 5.56 Å². The Bertz CT molecular complexity index is 571. The molecule has 1 aromatic heterocycles. The molecule has 4 nitrogen and oxygen atoms in total. The Morgan fingerprint density at radius 2 is 1.90 bits per heavy atom. The lowest BCUT2D eigenvalue weighted by Crippen LogP contribution is -2.40. The van der Waals surface area contributed by atoms with Crippen LogP contribution in [-0.4, -0.2) is 29.3 Å². The largest absolute Gasteiger partial charge is 0.355 e. The predicted octanol–water partition coefficient (Wildman–Crippen LogP) is 2.38. The van der Waals surface area contributed by atoms with E-state index in [2.05, 4.69) is 46.3 Å². The number of rotatable bonds is 2. The third-order valence-corrected chi connectivity index (χ3v) is 3.83. The molecular weight excluding hydrogens is 248 g/mol. The van der Waals surface area contributed by atoms with Crippen molar-refractivity contribution in [1.82, 2.24) is 10.2 Å². The summed E-state index contributed by atoms with van der Waals surface area (Å²) in [5, 5.41) is 8.73. The van der Waals surface area contributed by atoms with Crippen LogP contribution in [-0.2, 0) is 0 Å². The molecule has 0 amide bonds. The smallest absolute Gasteiger partial charge is 0.151 e. The first-order chi connectivity index (χ1) is 9.72.